The summed E-state index contributed by atoms with van der Waals surface area (Å²) in [5, 5.41) is 13.4. The van der Waals surface area contributed by atoms with E-state index in [-0.39, 0.29) is 22.6 Å². The Kier molecular flexibility index (Phi) is 6.51. The molecule has 0 saturated heterocycles. The number of carbonyl (C=O) groups excluding carboxylic acids is 3. The summed E-state index contributed by atoms with van der Waals surface area (Å²) >= 11 is 0. The molecule has 0 aliphatic rings. The molecule has 0 unspecified atom stereocenters. The number of benzene rings is 3. The lowest BCUT2D eigenvalue weighted by molar-refractivity contribution is -0.384. The van der Waals surface area contributed by atoms with Crippen LogP contribution in [0.15, 0.2) is 78.9 Å². The third kappa shape index (κ3) is 5.39. The largest absolute Gasteiger partial charge is 0.451 e. The van der Waals surface area contributed by atoms with Gasteiger partial charge in [-0.25, -0.2) is 4.79 Å². The molecular weight excluding hydrogens is 400 g/mol. The van der Waals surface area contributed by atoms with Crippen molar-refractivity contribution >= 4 is 29.0 Å². The molecule has 0 aliphatic heterocycles. The number of rotatable bonds is 7. The molecule has 0 fully saturated rings. The van der Waals surface area contributed by atoms with Gasteiger partial charge < -0.3 is 10.1 Å². The number of nitrogens with one attached hydrogen (secondary N) is 1. The normalized spacial score (nSPS) is 11.3. The summed E-state index contributed by atoms with van der Waals surface area (Å²) in [6.45, 7) is 1.50. The first-order valence-corrected chi connectivity index (χ1v) is 9.31. The molecule has 1 atom stereocenters. The van der Waals surface area contributed by atoms with Crippen LogP contribution in [0, 0.1) is 10.1 Å². The van der Waals surface area contributed by atoms with Crippen molar-refractivity contribution in [2.45, 2.75) is 13.0 Å². The number of carbonyl (C=O) groups is 3. The van der Waals surface area contributed by atoms with Crippen LogP contribution in [-0.4, -0.2) is 28.7 Å². The molecule has 156 valence electrons. The highest BCUT2D eigenvalue weighted by molar-refractivity contribution is 6.05. The maximum atomic E-state index is 12.3. The molecule has 1 amide bonds. The van der Waals surface area contributed by atoms with Crippen molar-refractivity contribution in [3.63, 3.8) is 0 Å². The smallest absolute Gasteiger partial charge is 0.338 e. The number of non-ortho nitro benzene ring substituents is 1. The number of esters is 1. The lowest BCUT2D eigenvalue weighted by Gasteiger charge is -2.12. The number of amides is 1. The number of nitrogens with zero attached hydrogens (tertiary/aromatic N) is 1. The first kappa shape index (κ1) is 21.4. The minimum atomic E-state index is -0.955. The molecule has 0 spiro atoms. The Morgan fingerprint density at radius 1 is 0.871 bits per heavy atom. The minimum absolute atomic E-state index is 0.130. The molecule has 3 aromatic carbocycles. The second kappa shape index (κ2) is 9.45. The van der Waals surface area contributed by atoms with Crippen LogP contribution in [-0.2, 0) is 4.74 Å². The van der Waals surface area contributed by atoms with Crippen molar-refractivity contribution in [3.8, 4) is 0 Å². The zero-order chi connectivity index (χ0) is 22.4. The van der Waals surface area contributed by atoms with Crippen LogP contribution in [0.2, 0.25) is 0 Å². The highest BCUT2D eigenvalue weighted by atomic mass is 16.6. The Labute approximate surface area is 177 Å². The van der Waals surface area contributed by atoms with Crippen LogP contribution < -0.4 is 5.32 Å². The molecule has 0 heterocycles. The van der Waals surface area contributed by atoms with E-state index in [1.54, 1.807) is 30.3 Å². The third-order valence-electron chi connectivity index (χ3n) is 4.41. The average Bonchev–Trinajstić information content (AvgIpc) is 2.79. The quantitative estimate of drug-likeness (QED) is 0.265. The zero-order valence-corrected chi connectivity index (χ0v) is 16.5. The van der Waals surface area contributed by atoms with Crippen LogP contribution in [0.3, 0.4) is 0 Å². The molecule has 0 saturated carbocycles. The highest BCUT2D eigenvalue weighted by Crippen LogP contribution is 2.17. The number of ether oxygens (including phenoxy) is 1. The maximum Gasteiger partial charge on any atom is 0.338 e. The minimum Gasteiger partial charge on any atom is -0.451 e. The van der Waals surface area contributed by atoms with Gasteiger partial charge in [0.2, 0.25) is 5.78 Å². The molecule has 0 aliphatic carbocycles. The Morgan fingerprint density at radius 3 is 2.16 bits per heavy atom. The van der Waals surface area contributed by atoms with Gasteiger partial charge >= 0.3 is 5.97 Å². The van der Waals surface area contributed by atoms with Crippen LogP contribution in [0.5, 0.6) is 0 Å². The van der Waals surface area contributed by atoms with E-state index in [4.69, 9.17) is 4.74 Å². The number of hydrogen-bond acceptors (Lipinski definition) is 6. The predicted octanol–water partition coefficient (Wildman–Crippen LogP) is 4.28. The summed E-state index contributed by atoms with van der Waals surface area (Å²) < 4.78 is 5.24. The standard InChI is InChI=1S/C23H18N2O6/c1-15(21(26)16-6-3-2-4-7-16)31-23(28)17-10-12-19(13-11-17)24-22(27)18-8-5-9-20(14-18)25(29)30/h2-15H,1H3,(H,24,27)/t15-/m0/s1. The predicted molar refractivity (Wildman–Crippen MR) is 113 cm³/mol. The summed E-state index contributed by atoms with van der Waals surface area (Å²) in [6, 6.07) is 19.8. The van der Waals surface area contributed by atoms with Gasteiger partial charge in [-0.15, -0.1) is 0 Å². The Balaban J connectivity index is 1.62. The molecule has 3 aromatic rings. The Morgan fingerprint density at radius 2 is 1.52 bits per heavy atom. The first-order chi connectivity index (χ1) is 14.8. The van der Waals surface area contributed by atoms with E-state index in [0.717, 1.165) is 0 Å². The maximum absolute atomic E-state index is 12.3. The molecule has 1 N–H and O–H groups in total. The molecule has 3 rings (SSSR count). The van der Waals surface area contributed by atoms with Crippen LogP contribution in [0.4, 0.5) is 11.4 Å². The Hall–Kier alpha value is -4.33. The second-order valence-corrected chi connectivity index (χ2v) is 6.62. The number of anilines is 1. The third-order valence-corrected chi connectivity index (χ3v) is 4.41. The average molecular weight is 418 g/mol. The van der Waals surface area contributed by atoms with Gasteiger partial charge in [0.05, 0.1) is 10.5 Å². The van der Waals surface area contributed by atoms with Crippen molar-refractivity contribution in [2.24, 2.45) is 0 Å². The molecule has 0 aromatic heterocycles. The van der Waals surface area contributed by atoms with Gasteiger partial charge in [0, 0.05) is 28.9 Å². The van der Waals surface area contributed by atoms with Crippen LogP contribution in [0.25, 0.3) is 0 Å². The zero-order valence-electron chi connectivity index (χ0n) is 16.5. The van der Waals surface area contributed by atoms with Crippen LogP contribution >= 0.6 is 0 Å². The Bertz CT molecular complexity index is 1130. The van der Waals surface area contributed by atoms with Gasteiger partial charge in [-0.2, -0.15) is 0 Å². The highest BCUT2D eigenvalue weighted by Gasteiger charge is 2.20. The monoisotopic (exact) mass is 418 g/mol. The fourth-order valence-electron chi connectivity index (χ4n) is 2.77. The number of hydrogen-bond donors (Lipinski definition) is 1. The van der Waals surface area contributed by atoms with E-state index in [1.807, 2.05) is 0 Å². The van der Waals surface area contributed by atoms with Gasteiger partial charge in [0.25, 0.3) is 11.6 Å². The van der Waals surface area contributed by atoms with E-state index in [9.17, 15) is 24.5 Å². The van der Waals surface area contributed by atoms with Gasteiger partial charge in [-0.05, 0) is 37.3 Å². The fourth-order valence-corrected chi connectivity index (χ4v) is 2.77. The lowest BCUT2D eigenvalue weighted by atomic mass is 10.1. The van der Waals surface area contributed by atoms with E-state index >= 15 is 0 Å². The van der Waals surface area contributed by atoms with Crippen molar-refractivity contribution in [1.29, 1.82) is 0 Å². The number of nitro groups is 1. The summed E-state index contributed by atoms with van der Waals surface area (Å²) in [6.07, 6.45) is -0.955. The van der Waals surface area contributed by atoms with Gasteiger partial charge in [-0.1, -0.05) is 36.4 Å². The number of nitro benzene ring substituents is 1. The van der Waals surface area contributed by atoms with Crippen LogP contribution in [0.1, 0.15) is 38.0 Å². The van der Waals surface area contributed by atoms with Gasteiger partial charge in [0.15, 0.2) is 6.10 Å². The SMILES string of the molecule is C[C@H](OC(=O)c1ccc(NC(=O)c2cccc([N+](=O)[O-])c2)cc1)C(=O)c1ccccc1. The van der Waals surface area contributed by atoms with Crippen molar-refractivity contribution in [3.05, 3.63) is 106 Å². The molecule has 31 heavy (non-hydrogen) atoms. The lowest BCUT2D eigenvalue weighted by Crippen LogP contribution is -2.24. The molecule has 8 heteroatoms. The molecule has 0 radical (unpaired) electrons. The van der Waals surface area contributed by atoms with Gasteiger partial charge in [0.1, 0.15) is 0 Å². The topological polar surface area (TPSA) is 116 Å². The van der Waals surface area contributed by atoms with Crippen molar-refractivity contribution in [1.82, 2.24) is 0 Å². The van der Waals surface area contributed by atoms with Gasteiger partial charge in [-0.3, -0.25) is 19.7 Å². The van der Waals surface area contributed by atoms with E-state index < -0.39 is 22.9 Å². The molecule has 8 nitrogen and oxygen atoms in total. The second-order valence-electron chi connectivity index (χ2n) is 6.62. The van der Waals surface area contributed by atoms with E-state index in [2.05, 4.69) is 5.32 Å². The number of ketones is 1. The summed E-state index contributed by atoms with van der Waals surface area (Å²) in [7, 11) is 0. The summed E-state index contributed by atoms with van der Waals surface area (Å²) in [4.78, 5) is 47.2. The van der Waals surface area contributed by atoms with E-state index in [1.165, 1.54) is 55.5 Å². The molecular formula is C23H18N2O6. The summed E-state index contributed by atoms with van der Waals surface area (Å²) in [5.74, 6) is -1.51. The number of Topliss-reactive ketones (excluding diaryl/α,β-unsaturated/α-hetero) is 1. The van der Waals surface area contributed by atoms with E-state index in [0.29, 0.717) is 11.3 Å². The fraction of sp³-hybridized carbons (Fsp3) is 0.0870. The molecule has 0 bridgehead atoms. The first-order valence-electron chi connectivity index (χ1n) is 9.31. The summed E-state index contributed by atoms with van der Waals surface area (Å²) in [5.41, 5.74) is 0.986. The van der Waals surface area contributed by atoms with Crippen molar-refractivity contribution in [2.75, 3.05) is 5.32 Å². The van der Waals surface area contributed by atoms with Crippen molar-refractivity contribution < 1.29 is 24.0 Å².